The van der Waals surface area contributed by atoms with E-state index in [1.165, 1.54) is 12.4 Å². The smallest absolute Gasteiger partial charge is 0.276 e. The summed E-state index contributed by atoms with van der Waals surface area (Å²) in [5.74, 6) is 0.443. The highest BCUT2D eigenvalue weighted by Crippen LogP contribution is 2.30. The lowest BCUT2D eigenvalue weighted by Crippen LogP contribution is -2.40. The van der Waals surface area contributed by atoms with E-state index in [-0.39, 0.29) is 23.9 Å². The lowest BCUT2D eigenvalue weighted by Gasteiger charge is -2.30. The number of amides is 2. The second-order valence-corrected chi connectivity index (χ2v) is 9.56. The Kier molecular flexibility index (Phi) is 6.72. The van der Waals surface area contributed by atoms with E-state index in [1.54, 1.807) is 16.6 Å². The van der Waals surface area contributed by atoms with Gasteiger partial charge >= 0.3 is 0 Å². The minimum Gasteiger partial charge on any atom is -0.379 e. The Labute approximate surface area is 208 Å². The van der Waals surface area contributed by atoms with Crippen molar-refractivity contribution in [1.29, 1.82) is 0 Å². The molecule has 0 bridgehead atoms. The number of pyridine rings is 1. The van der Waals surface area contributed by atoms with Gasteiger partial charge in [0.1, 0.15) is 11.0 Å². The molecular weight excluding hydrogens is 468 g/mol. The van der Waals surface area contributed by atoms with Crippen LogP contribution in [0.2, 0.25) is 5.15 Å². The molecule has 10 nitrogen and oxygen atoms in total. The summed E-state index contributed by atoms with van der Waals surface area (Å²) in [5.41, 5.74) is 2.31. The number of aromatic nitrogens is 4. The van der Waals surface area contributed by atoms with Gasteiger partial charge in [0.15, 0.2) is 11.3 Å². The molecule has 2 amide bonds. The normalized spacial score (nSPS) is 19.8. The lowest BCUT2D eigenvalue weighted by molar-refractivity contribution is -0.121. The third-order valence-electron chi connectivity index (χ3n) is 6.39. The number of hydrogen-bond acceptors (Lipinski definition) is 7. The summed E-state index contributed by atoms with van der Waals surface area (Å²) in [6.45, 7) is 1.87. The van der Waals surface area contributed by atoms with Crippen molar-refractivity contribution in [2.45, 2.75) is 70.0 Å². The first-order valence-corrected chi connectivity index (χ1v) is 12.5. The number of fused-ring (bicyclic) bond motifs is 1. The number of nitrogens with zero attached hydrogens (tertiary/aromatic N) is 4. The van der Waals surface area contributed by atoms with Gasteiger partial charge in [0.25, 0.3) is 5.91 Å². The largest absolute Gasteiger partial charge is 0.379 e. The van der Waals surface area contributed by atoms with E-state index in [0.717, 1.165) is 44.2 Å². The summed E-state index contributed by atoms with van der Waals surface area (Å²) >= 11 is 5.95. The van der Waals surface area contributed by atoms with Gasteiger partial charge in [0.05, 0.1) is 11.9 Å². The molecule has 0 aliphatic heterocycles. The molecule has 0 unspecified atom stereocenters. The van der Waals surface area contributed by atoms with Crippen LogP contribution in [0.1, 0.15) is 62.4 Å². The SMILES string of the molecule is CCC(=O)NC1CCC(Nc2cc(NC3CC3)c3ncc(C(=O)Nc4ccnc(Cl)c4)n3n2)CC1. The second kappa shape index (κ2) is 10.1. The topological polar surface area (TPSA) is 125 Å². The molecule has 184 valence electrons. The average molecular weight is 497 g/mol. The minimum atomic E-state index is -0.339. The standard InChI is InChI=1S/C24H29ClN8O2/c1-2-22(34)30-16-7-5-15(6-8-16)29-21-12-18(28-14-3-4-14)23-27-13-19(33(23)32-21)24(35)31-17-9-10-26-20(25)11-17/h9-16,28H,2-8H2,1H3,(H,29,32)(H,30,34)(H,26,31,35). The Hall–Kier alpha value is -3.40. The molecular formula is C24H29ClN8O2. The molecule has 4 N–H and O–H groups in total. The second-order valence-electron chi connectivity index (χ2n) is 9.18. The Morgan fingerprint density at radius 2 is 1.74 bits per heavy atom. The van der Waals surface area contributed by atoms with Gasteiger partial charge in [-0.1, -0.05) is 18.5 Å². The van der Waals surface area contributed by atoms with Crippen molar-refractivity contribution in [1.82, 2.24) is 24.9 Å². The predicted molar refractivity (Wildman–Crippen MR) is 135 cm³/mol. The molecule has 0 atom stereocenters. The molecule has 2 aliphatic rings. The van der Waals surface area contributed by atoms with Crippen LogP contribution in [-0.4, -0.2) is 49.5 Å². The van der Waals surface area contributed by atoms with Crippen molar-refractivity contribution >= 4 is 46.3 Å². The van der Waals surface area contributed by atoms with Crippen LogP contribution >= 0.6 is 11.6 Å². The maximum absolute atomic E-state index is 13.0. The molecule has 3 aromatic heterocycles. The number of carbonyl (C=O) groups excluding carboxylic acids is 2. The van der Waals surface area contributed by atoms with Crippen LogP contribution in [0.4, 0.5) is 17.2 Å². The fourth-order valence-corrected chi connectivity index (χ4v) is 4.52. The number of nitrogens with one attached hydrogen (secondary N) is 4. The minimum absolute atomic E-state index is 0.101. The molecule has 5 rings (SSSR count). The highest BCUT2D eigenvalue weighted by atomic mass is 35.5. The van der Waals surface area contributed by atoms with E-state index < -0.39 is 0 Å². The molecule has 3 aromatic rings. The Morgan fingerprint density at radius 3 is 2.46 bits per heavy atom. The monoisotopic (exact) mass is 496 g/mol. The van der Waals surface area contributed by atoms with E-state index in [9.17, 15) is 9.59 Å². The number of carbonyl (C=O) groups is 2. The number of halogens is 1. The lowest BCUT2D eigenvalue weighted by atomic mass is 9.91. The van der Waals surface area contributed by atoms with E-state index in [0.29, 0.717) is 40.5 Å². The Balaban J connectivity index is 1.35. The quantitative estimate of drug-likeness (QED) is 0.349. The average Bonchev–Trinajstić information content (AvgIpc) is 3.55. The molecule has 0 spiro atoms. The first kappa shape index (κ1) is 23.3. The molecule has 0 radical (unpaired) electrons. The van der Waals surface area contributed by atoms with Crippen LogP contribution in [0.25, 0.3) is 5.65 Å². The predicted octanol–water partition coefficient (Wildman–Crippen LogP) is 3.85. The zero-order valence-corrected chi connectivity index (χ0v) is 20.3. The van der Waals surface area contributed by atoms with Crippen LogP contribution in [-0.2, 0) is 4.79 Å². The van der Waals surface area contributed by atoms with E-state index in [4.69, 9.17) is 16.7 Å². The van der Waals surface area contributed by atoms with Gasteiger partial charge < -0.3 is 21.3 Å². The summed E-state index contributed by atoms with van der Waals surface area (Å²) in [6.07, 6.45) is 9.51. The fraction of sp³-hybridized carbons (Fsp3) is 0.458. The van der Waals surface area contributed by atoms with Crippen molar-refractivity contribution in [2.75, 3.05) is 16.0 Å². The van der Waals surface area contributed by atoms with Crippen molar-refractivity contribution in [3.8, 4) is 0 Å². The van der Waals surface area contributed by atoms with E-state index >= 15 is 0 Å². The Bertz CT molecular complexity index is 1230. The van der Waals surface area contributed by atoms with Crippen LogP contribution in [0.15, 0.2) is 30.6 Å². The highest BCUT2D eigenvalue weighted by molar-refractivity contribution is 6.29. The molecule has 2 aliphatic carbocycles. The molecule has 3 heterocycles. The summed E-state index contributed by atoms with van der Waals surface area (Å²) in [7, 11) is 0. The van der Waals surface area contributed by atoms with E-state index in [2.05, 4.69) is 31.2 Å². The summed E-state index contributed by atoms with van der Waals surface area (Å²) in [4.78, 5) is 33.2. The first-order chi connectivity index (χ1) is 17.0. The zero-order valence-electron chi connectivity index (χ0n) is 19.6. The molecule has 0 aromatic carbocycles. The number of imidazole rings is 1. The highest BCUT2D eigenvalue weighted by Gasteiger charge is 2.26. The molecule has 2 fully saturated rings. The van der Waals surface area contributed by atoms with E-state index in [1.807, 2.05) is 13.0 Å². The summed E-state index contributed by atoms with van der Waals surface area (Å²) in [5, 5.41) is 18.0. The van der Waals surface area contributed by atoms with Crippen LogP contribution in [0, 0.1) is 0 Å². The maximum Gasteiger partial charge on any atom is 0.276 e. The van der Waals surface area contributed by atoms with Gasteiger partial charge in [-0.25, -0.2) is 14.5 Å². The van der Waals surface area contributed by atoms with Crippen LogP contribution in [0.3, 0.4) is 0 Å². The van der Waals surface area contributed by atoms with Crippen LogP contribution < -0.4 is 21.3 Å². The first-order valence-electron chi connectivity index (χ1n) is 12.1. The molecule has 11 heteroatoms. The fourth-order valence-electron chi connectivity index (χ4n) is 4.34. The van der Waals surface area contributed by atoms with Gasteiger partial charge in [0.2, 0.25) is 5.91 Å². The third-order valence-corrected chi connectivity index (χ3v) is 6.59. The van der Waals surface area contributed by atoms with Crippen molar-refractivity contribution in [2.24, 2.45) is 0 Å². The molecule has 35 heavy (non-hydrogen) atoms. The van der Waals surface area contributed by atoms with Gasteiger partial charge in [-0.3, -0.25) is 9.59 Å². The zero-order chi connectivity index (χ0) is 24.4. The number of rotatable bonds is 8. The van der Waals surface area contributed by atoms with Gasteiger partial charge in [-0.15, -0.1) is 5.10 Å². The maximum atomic E-state index is 13.0. The summed E-state index contributed by atoms with van der Waals surface area (Å²) in [6, 6.07) is 6.11. The van der Waals surface area contributed by atoms with Crippen LogP contribution in [0.5, 0.6) is 0 Å². The van der Waals surface area contributed by atoms with Crippen molar-refractivity contribution in [3.63, 3.8) is 0 Å². The van der Waals surface area contributed by atoms with Crippen molar-refractivity contribution < 1.29 is 9.59 Å². The number of anilines is 3. The Morgan fingerprint density at radius 1 is 1.03 bits per heavy atom. The van der Waals surface area contributed by atoms with Gasteiger partial charge in [0, 0.05) is 42.5 Å². The third kappa shape index (κ3) is 5.64. The number of hydrogen-bond donors (Lipinski definition) is 4. The summed E-state index contributed by atoms with van der Waals surface area (Å²) < 4.78 is 1.58. The molecule has 0 saturated heterocycles. The van der Waals surface area contributed by atoms with Gasteiger partial charge in [-0.2, -0.15) is 0 Å². The van der Waals surface area contributed by atoms with Crippen molar-refractivity contribution in [3.05, 3.63) is 41.4 Å². The van der Waals surface area contributed by atoms with Gasteiger partial charge in [-0.05, 0) is 50.7 Å². The molecule has 2 saturated carbocycles.